The van der Waals surface area contributed by atoms with Gasteiger partial charge in [-0.2, -0.15) is 0 Å². The molecule has 0 saturated carbocycles. The Morgan fingerprint density at radius 3 is 2.27 bits per heavy atom. The molecule has 0 aliphatic heterocycles. The van der Waals surface area contributed by atoms with E-state index < -0.39 is 16.8 Å². The molecule has 0 spiro atoms. The molecule has 0 aliphatic rings. The summed E-state index contributed by atoms with van der Waals surface area (Å²) in [4.78, 5) is 39.2. The first-order valence-corrected chi connectivity index (χ1v) is 9.54. The van der Waals surface area contributed by atoms with Gasteiger partial charge in [-0.05, 0) is 71.1 Å². The standard InChI is InChI=1S/C20H13IN4O5/c21-18-4-2-1-3-17(18)20(27)30-24-15-9-7-14(8-10-15)22-23-19(26)13-5-11-16(12-6-13)25(28)29/h1-12,24H. The van der Waals surface area contributed by atoms with Crippen LogP contribution in [0.5, 0.6) is 0 Å². The van der Waals surface area contributed by atoms with Crippen molar-refractivity contribution in [1.29, 1.82) is 0 Å². The Bertz CT molecular complexity index is 1110. The van der Waals surface area contributed by atoms with Crippen LogP contribution in [0.15, 0.2) is 83.0 Å². The molecule has 9 nitrogen and oxygen atoms in total. The van der Waals surface area contributed by atoms with E-state index in [2.05, 4.69) is 15.7 Å². The normalized spacial score (nSPS) is 10.6. The quantitative estimate of drug-likeness (QED) is 0.205. The van der Waals surface area contributed by atoms with Crippen LogP contribution in [0.3, 0.4) is 0 Å². The maximum absolute atomic E-state index is 12.1. The van der Waals surface area contributed by atoms with Crippen molar-refractivity contribution in [3.8, 4) is 0 Å². The average molecular weight is 516 g/mol. The summed E-state index contributed by atoms with van der Waals surface area (Å²) in [6, 6.07) is 18.5. The van der Waals surface area contributed by atoms with Crippen molar-refractivity contribution < 1.29 is 19.3 Å². The van der Waals surface area contributed by atoms with Crippen LogP contribution < -0.4 is 5.48 Å². The van der Waals surface area contributed by atoms with Crippen LogP contribution >= 0.6 is 22.6 Å². The summed E-state index contributed by atoms with van der Waals surface area (Å²) in [5.41, 5.74) is 3.98. The maximum atomic E-state index is 12.1. The summed E-state index contributed by atoms with van der Waals surface area (Å²) in [6.07, 6.45) is 0. The van der Waals surface area contributed by atoms with Crippen molar-refractivity contribution in [3.63, 3.8) is 0 Å². The second-order valence-electron chi connectivity index (χ2n) is 5.83. The molecule has 0 atom stereocenters. The molecule has 3 aromatic carbocycles. The fourth-order valence-corrected chi connectivity index (χ4v) is 2.88. The number of rotatable bonds is 6. The van der Waals surface area contributed by atoms with E-state index in [1.807, 2.05) is 28.7 Å². The molecule has 1 amide bonds. The Labute approximate surface area is 184 Å². The molecule has 0 bridgehead atoms. The Balaban J connectivity index is 1.57. The molecular weight excluding hydrogens is 503 g/mol. The van der Waals surface area contributed by atoms with E-state index in [4.69, 9.17) is 4.84 Å². The molecule has 0 aromatic heterocycles. The van der Waals surface area contributed by atoms with Gasteiger partial charge in [-0.1, -0.05) is 12.1 Å². The summed E-state index contributed by atoms with van der Waals surface area (Å²) in [5.74, 6) is -1.14. The van der Waals surface area contributed by atoms with Crippen molar-refractivity contribution in [2.45, 2.75) is 0 Å². The minimum atomic E-state index is -0.626. The molecule has 0 aliphatic carbocycles. The number of nitro benzene ring substituents is 1. The highest BCUT2D eigenvalue weighted by atomic mass is 127. The molecular formula is C20H13IN4O5. The van der Waals surface area contributed by atoms with Crippen LogP contribution in [0.4, 0.5) is 17.1 Å². The number of amides is 1. The van der Waals surface area contributed by atoms with Gasteiger partial charge in [0.15, 0.2) is 0 Å². The predicted molar refractivity (Wildman–Crippen MR) is 117 cm³/mol. The van der Waals surface area contributed by atoms with Gasteiger partial charge in [0.05, 0.1) is 21.9 Å². The fourth-order valence-electron chi connectivity index (χ4n) is 2.27. The fraction of sp³-hybridized carbons (Fsp3) is 0. The van der Waals surface area contributed by atoms with Gasteiger partial charge in [-0.15, -0.1) is 10.2 Å². The van der Waals surface area contributed by atoms with E-state index in [-0.39, 0.29) is 11.3 Å². The van der Waals surface area contributed by atoms with Gasteiger partial charge in [-0.3, -0.25) is 14.9 Å². The van der Waals surface area contributed by atoms with E-state index in [0.717, 1.165) is 3.57 Å². The number of carbonyl (C=O) groups is 2. The highest BCUT2D eigenvalue weighted by Gasteiger charge is 2.11. The topological polar surface area (TPSA) is 123 Å². The lowest BCUT2D eigenvalue weighted by Crippen LogP contribution is -2.11. The second kappa shape index (κ2) is 9.69. The number of carbonyl (C=O) groups excluding carboxylic acids is 2. The van der Waals surface area contributed by atoms with Crippen LogP contribution in [0.25, 0.3) is 0 Å². The zero-order chi connectivity index (χ0) is 21.5. The lowest BCUT2D eigenvalue weighted by atomic mass is 10.2. The molecule has 0 unspecified atom stereocenters. The Kier molecular flexibility index (Phi) is 6.80. The molecule has 0 heterocycles. The van der Waals surface area contributed by atoms with Gasteiger partial charge in [0.1, 0.15) is 0 Å². The molecule has 3 aromatic rings. The third-order valence-electron chi connectivity index (χ3n) is 3.80. The number of anilines is 1. The minimum Gasteiger partial charge on any atom is -0.338 e. The number of nitrogens with one attached hydrogen (secondary N) is 1. The predicted octanol–water partition coefficient (Wildman–Crippen LogP) is 5.31. The average Bonchev–Trinajstić information content (AvgIpc) is 2.77. The summed E-state index contributed by atoms with van der Waals surface area (Å²) in [5, 5.41) is 18.1. The smallest absolute Gasteiger partial charge is 0.338 e. The second-order valence-corrected chi connectivity index (χ2v) is 6.99. The molecule has 0 radical (unpaired) electrons. The number of hydrogen-bond donors (Lipinski definition) is 1. The zero-order valence-corrected chi connectivity index (χ0v) is 17.3. The first-order chi connectivity index (χ1) is 14.4. The summed E-state index contributed by atoms with van der Waals surface area (Å²) in [7, 11) is 0. The molecule has 10 heteroatoms. The van der Waals surface area contributed by atoms with Crippen LogP contribution in [-0.4, -0.2) is 16.8 Å². The number of benzene rings is 3. The highest BCUT2D eigenvalue weighted by Crippen LogP contribution is 2.19. The van der Waals surface area contributed by atoms with Crippen LogP contribution in [-0.2, 0) is 4.84 Å². The molecule has 0 fully saturated rings. The van der Waals surface area contributed by atoms with Gasteiger partial charge in [-0.25, -0.2) is 10.3 Å². The van der Waals surface area contributed by atoms with Gasteiger partial charge in [0, 0.05) is 21.3 Å². The number of azo groups is 1. The summed E-state index contributed by atoms with van der Waals surface area (Å²) >= 11 is 2.05. The lowest BCUT2D eigenvalue weighted by Gasteiger charge is -2.07. The van der Waals surface area contributed by atoms with Crippen molar-refractivity contribution in [1.82, 2.24) is 0 Å². The third-order valence-corrected chi connectivity index (χ3v) is 4.74. The van der Waals surface area contributed by atoms with E-state index >= 15 is 0 Å². The third kappa shape index (κ3) is 5.44. The first kappa shape index (κ1) is 21.0. The molecule has 3 rings (SSSR count). The van der Waals surface area contributed by atoms with Gasteiger partial charge < -0.3 is 4.84 Å². The van der Waals surface area contributed by atoms with Crippen molar-refractivity contribution >= 4 is 51.5 Å². The summed E-state index contributed by atoms with van der Waals surface area (Å²) in [6.45, 7) is 0. The van der Waals surface area contributed by atoms with Crippen molar-refractivity contribution in [2.24, 2.45) is 10.2 Å². The largest absolute Gasteiger partial charge is 0.363 e. The minimum absolute atomic E-state index is 0.116. The Morgan fingerprint density at radius 2 is 1.63 bits per heavy atom. The molecule has 1 N–H and O–H groups in total. The van der Waals surface area contributed by atoms with Crippen LogP contribution in [0, 0.1) is 13.7 Å². The van der Waals surface area contributed by atoms with Crippen molar-refractivity contribution in [3.05, 3.63) is 97.6 Å². The van der Waals surface area contributed by atoms with Crippen LogP contribution in [0.2, 0.25) is 0 Å². The van der Waals surface area contributed by atoms with Gasteiger partial charge in [0.2, 0.25) is 0 Å². The number of hydrogen-bond acceptors (Lipinski definition) is 7. The van der Waals surface area contributed by atoms with E-state index in [1.54, 1.807) is 42.5 Å². The molecule has 0 saturated heterocycles. The lowest BCUT2D eigenvalue weighted by molar-refractivity contribution is -0.384. The van der Waals surface area contributed by atoms with Gasteiger partial charge in [0.25, 0.3) is 11.6 Å². The maximum Gasteiger partial charge on any atom is 0.363 e. The number of nitro groups is 1. The van der Waals surface area contributed by atoms with E-state index in [1.165, 1.54) is 24.3 Å². The Hall–Kier alpha value is -3.67. The molecule has 150 valence electrons. The number of non-ortho nitro benzene ring substituents is 1. The van der Waals surface area contributed by atoms with E-state index in [0.29, 0.717) is 16.9 Å². The zero-order valence-electron chi connectivity index (χ0n) is 15.2. The Morgan fingerprint density at radius 1 is 0.967 bits per heavy atom. The highest BCUT2D eigenvalue weighted by molar-refractivity contribution is 14.1. The first-order valence-electron chi connectivity index (χ1n) is 8.46. The van der Waals surface area contributed by atoms with E-state index in [9.17, 15) is 19.7 Å². The monoisotopic (exact) mass is 516 g/mol. The van der Waals surface area contributed by atoms with Crippen LogP contribution in [0.1, 0.15) is 20.7 Å². The van der Waals surface area contributed by atoms with Crippen molar-refractivity contribution in [2.75, 3.05) is 5.48 Å². The SMILES string of the molecule is O=C(N=Nc1ccc(NOC(=O)c2ccccc2I)cc1)c1ccc([N+](=O)[O-])cc1. The van der Waals surface area contributed by atoms with Gasteiger partial charge >= 0.3 is 5.97 Å². The number of nitrogens with zero attached hydrogens (tertiary/aromatic N) is 3. The number of halogens is 1. The summed E-state index contributed by atoms with van der Waals surface area (Å²) < 4.78 is 0.773. The molecule has 30 heavy (non-hydrogen) atoms.